The van der Waals surface area contributed by atoms with Crippen LogP contribution in [-0.4, -0.2) is 23.8 Å². The molecule has 4 heteroatoms. The molecule has 1 heterocycles. The van der Waals surface area contributed by atoms with Gasteiger partial charge in [-0.15, -0.1) is 0 Å². The summed E-state index contributed by atoms with van der Waals surface area (Å²) in [4.78, 5) is 26.2. The summed E-state index contributed by atoms with van der Waals surface area (Å²) in [6, 6.07) is 6.03. The van der Waals surface area contributed by atoms with Crippen LogP contribution in [0.25, 0.3) is 17.0 Å². The van der Waals surface area contributed by atoms with Gasteiger partial charge in [-0.3, -0.25) is 9.59 Å². The van der Waals surface area contributed by atoms with Crippen LogP contribution in [0, 0.1) is 0 Å². The molecule has 0 spiro atoms. The average Bonchev–Trinajstić information content (AvgIpc) is 2.87. The molecule has 1 aliphatic carbocycles. The van der Waals surface area contributed by atoms with E-state index in [4.69, 9.17) is 0 Å². The molecular formula is C17H17NO3. The largest absolute Gasteiger partial charge is 0.469 e. The molecule has 0 radical (unpaired) electrons. The zero-order chi connectivity index (χ0) is 14.8. The zero-order valence-corrected chi connectivity index (χ0v) is 11.9. The summed E-state index contributed by atoms with van der Waals surface area (Å²) in [5.74, 6) is -0.0489. The number of hydrogen-bond acceptors (Lipinski definition) is 3. The van der Waals surface area contributed by atoms with Gasteiger partial charge in [-0.1, -0.05) is 18.2 Å². The van der Waals surface area contributed by atoms with E-state index >= 15 is 0 Å². The number of aromatic nitrogens is 1. The third-order valence-electron chi connectivity index (χ3n) is 3.86. The molecule has 0 saturated heterocycles. The quantitative estimate of drug-likeness (QED) is 0.879. The van der Waals surface area contributed by atoms with Crippen LogP contribution >= 0.6 is 0 Å². The first-order valence-corrected chi connectivity index (χ1v) is 7.10. The van der Waals surface area contributed by atoms with E-state index in [1.165, 1.54) is 7.11 Å². The van der Waals surface area contributed by atoms with E-state index in [1.807, 2.05) is 18.2 Å². The Morgan fingerprint density at radius 1 is 1.38 bits per heavy atom. The third kappa shape index (κ3) is 2.61. The number of aryl methyl sites for hydroxylation is 1. The minimum Gasteiger partial charge on any atom is -0.469 e. The lowest BCUT2D eigenvalue weighted by atomic mass is 9.94. The summed E-state index contributed by atoms with van der Waals surface area (Å²) in [7, 11) is 1.38. The smallest absolute Gasteiger partial charge is 0.309 e. The van der Waals surface area contributed by atoms with Crippen molar-refractivity contribution in [2.75, 3.05) is 7.11 Å². The van der Waals surface area contributed by atoms with Crippen molar-refractivity contribution in [1.29, 1.82) is 0 Å². The Kier molecular flexibility index (Phi) is 3.60. The third-order valence-corrected chi connectivity index (χ3v) is 3.86. The van der Waals surface area contributed by atoms with Gasteiger partial charge in [0.15, 0.2) is 5.78 Å². The molecule has 0 unspecified atom stereocenters. The van der Waals surface area contributed by atoms with E-state index < -0.39 is 0 Å². The van der Waals surface area contributed by atoms with Crippen LogP contribution in [0.15, 0.2) is 24.3 Å². The average molecular weight is 283 g/mol. The number of ether oxygens (including phenoxy) is 1. The molecule has 1 aromatic carbocycles. The number of Topliss-reactive ketones (excluding diaryl/α,β-unsaturated/α-hetero) is 1. The van der Waals surface area contributed by atoms with Gasteiger partial charge in [-0.05, 0) is 36.1 Å². The second kappa shape index (κ2) is 5.56. The van der Waals surface area contributed by atoms with Crippen molar-refractivity contribution in [2.24, 2.45) is 0 Å². The maximum atomic E-state index is 11.9. The highest BCUT2D eigenvalue weighted by atomic mass is 16.5. The fourth-order valence-electron chi connectivity index (χ4n) is 2.79. The topological polar surface area (TPSA) is 59.2 Å². The Morgan fingerprint density at radius 2 is 2.24 bits per heavy atom. The van der Waals surface area contributed by atoms with Gasteiger partial charge < -0.3 is 9.72 Å². The van der Waals surface area contributed by atoms with Gasteiger partial charge in [0, 0.05) is 17.3 Å². The van der Waals surface area contributed by atoms with Crippen LogP contribution in [0.3, 0.4) is 0 Å². The summed E-state index contributed by atoms with van der Waals surface area (Å²) in [6.45, 7) is 0. The fourth-order valence-corrected chi connectivity index (χ4v) is 2.79. The molecule has 1 aromatic heterocycles. The number of rotatable bonds is 3. The first kappa shape index (κ1) is 13.6. The highest BCUT2D eigenvalue weighted by molar-refractivity contribution is 6.03. The Balaban J connectivity index is 1.93. The predicted molar refractivity (Wildman–Crippen MR) is 81.2 cm³/mol. The lowest BCUT2D eigenvalue weighted by Crippen LogP contribution is -2.09. The van der Waals surface area contributed by atoms with Crippen LogP contribution in [0.1, 0.15) is 40.9 Å². The molecular weight excluding hydrogens is 266 g/mol. The van der Waals surface area contributed by atoms with Crippen molar-refractivity contribution in [3.8, 4) is 0 Å². The maximum Gasteiger partial charge on any atom is 0.309 e. The number of fused-ring (bicyclic) bond motifs is 3. The lowest BCUT2D eigenvalue weighted by molar-refractivity contribution is -0.139. The number of ketones is 1. The first-order chi connectivity index (χ1) is 10.2. The number of methoxy groups -OCH3 is 1. The van der Waals surface area contributed by atoms with Crippen LogP contribution in [0.2, 0.25) is 0 Å². The van der Waals surface area contributed by atoms with Crippen LogP contribution in [0.5, 0.6) is 0 Å². The second-order valence-electron chi connectivity index (χ2n) is 5.24. The fraction of sp³-hybridized carbons (Fsp3) is 0.294. The number of aromatic amines is 1. The van der Waals surface area contributed by atoms with E-state index in [0.717, 1.165) is 40.6 Å². The highest BCUT2D eigenvalue weighted by Crippen LogP contribution is 2.29. The molecule has 0 atom stereocenters. The maximum absolute atomic E-state index is 11.9. The molecule has 2 aromatic rings. The zero-order valence-electron chi connectivity index (χ0n) is 11.9. The van der Waals surface area contributed by atoms with E-state index in [-0.39, 0.29) is 18.2 Å². The first-order valence-electron chi connectivity index (χ1n) is 7.10. The number of nitrogens with one attached hydrogen (secondary N) is 1. The minimum absolute atomic E-state index is 0.204. The predicted octanol–water partition coefficient (Wildman–Crippen LogP) is 3.26. The molecule has 108 valence electrons. The molecule has 0 aliphatic heterocycles. The summed E-state index contributed by atoms with van der Waals surface area (Å²) >= 11 is 0. The Bertz CT molecular complexity index is 740. The van der Waals surface area contributed by atoms with Gasteiger partial charge in [-0.25, -0.2) is 0 Å². The van der Waals surface area contributed by atoms with Gasteiger partial charge >= 0.3 is 5.97 Å². The summed E-state index contributed by atoms with van der Waals surface area (Å²) in [5.41, 5.74) is 3.92. The van der Waals surface area contributed by atoms with Gasteiger partial charge in [0.2, 0.25) is 0 Å². The second-order valence-corrected chi connectivity index (χ2v) is 5.24. The number of carbonyl (C=O) groups excluding carboxylic acids is 2. The van der Waals surface area contributed by atoms with Crippen molar-refractivity contribution in [2.45, 2.75) is 25.7 Å². The summed E-state index contributed by atoms with van der Waals surface area (Å²) in [5, 5.41) is 1.11. The van der Waals surface area contributed by atoms with Crippen molar-refractivity contribution in [1.82, 2.24) is 4.98 Å². The number of H-pyrrole nitrogens is 1. The number of esters is 1. The highest BCUT2D eigenvalue weighted by Gasteiger charge is 2.21. The van der Waals surface area contributed by atoms with Gasteiger partial charge in [0.05, 0.1) is 19.2 Å². The van der Waals surface area contributed by atoms with E-state index in [0.29, 0.717) is 6.42 Å². The van der Waals surface area contributed by atoms with Crippen molar-refractivity contribution < 1.29 is 14.3 Å². The molecule has 0 fully saturated rings. The molecule has 1 aliphatic rings. The van der Waals surface area contributed by atoms with Crippen molar-refractivity contribution >= 4 is 28.7 Å². The van der Waals surface area contributed by atoms with Crippen LogP contribution in [-0.2, 0) is 16.0 Å². The SMILES string of the molecule is COC(=O)CC=Cc1ccc2[nH]c3c(c2c1)CCCC3=O. The molecule has 0 saturated carbocycles. The van der Waals surface area contributed by atoms with Crippen LogP contribution < -0.4 is 0 Å². The Morgan fingerprint density at radius 3 is 3.05 bits per heavy atom. The van der Waals surface area contributed by atoms with Gasteiger partial charge in [0.1, 0.15) is 0 Å². The minimum atomic E-state index is -0.253. The summed E-state index contributed by atoms with van der Waals surface area (Å²) < 4.78 is 4.60. The normalized spacial score (nSPS) is 14.6. The molecule has 21 heavy (non-hydrogen) atoms. The van der Waals surface area contributed by atoms with Gasteiger partial charge in [-0.2, -0.15) is 0 Å². The molecule has 1 N–H and O–H groups in total. The molecule has 0 amide bonds. The Labute approximate surface area is 122 Å². The van der Waals surface area contributed by atoms with E-state index in [2.05, 4.69) is 15.8 Å². The number of benzene rings is 1. The lowest BCUT2D eigenvalue weighted by Gasteiger charge is -2.09. The monoisotopic (exact) mass is 283 g/mol. The summed E-state index contributed by atoms with van der Waals surface area (Å²) in [6.07, 6.45) is 6.44. The standard InChI is InChI=1S/C17H17NO3/c1-21-16(20)7-2-4-11-8-9-14-13(10-11)12-5-3-6-15(19)17(12)18-14/h2,4,8-10,18H,3,5-7H2,1H3. The van der Waals surface area contributed by atoms with Crippen LogP contribution in [0.4, 0.5) is 0 Å². The molecule has 4 nitrogen and oxygen atoms in total. The number of carbonyl (C=O) groups is 2. The number of hydrogen-bond donors (Lipinski definition) is 1. The molecule has 0 bridgehead atoms. The molecule has 3 rings (SSSR count). The Hall–Kier alpha value is -2.36. The van der Waals surface area contributed by atoms with Crippen molar-refractivity contribution in [3.05, 3.63) is 41.1 Å². The van der Waals surface area contributed by atoms with E-state index in [9.17, 15) is 9.59 Å². The van der Waals surface area contributed by atoms with E-state index in [1.54, 1.807) is 6.08 Å². The van der Waals surface area contributed by atoms with Crippen molar-refractivity contribution in [3.63, 3.8) is 0 Å². The van der Waals surface area contributed by atoms with Gasteiger partial charge in [0.25, 0.3) is 0 Å².